The zero-order valence-electron chi connectivity index (χ0n) is 20.3. The summed E-state index contributed by atoms with van der Waals surface area (Å²) in [6, 6.07) is 6.80. The largest absolute Gasteiger partial charge is 0.383 e. The van der Waals surface area contributed by atoms with Gasteiger partial charge in [-0.1, -0.05) is 13.0 Å². The van der Waals surface area contributed by atoms with Crippen LogP contribution in [-0.2, 0) is 16.6 Å². The number of aryl methyl sites for hydroxylation is 1. The first-order chi connectivity index (χ1) is 16.4. The van der Waals surface area contributed by atoms with Gasteiger partial charge in [0.25, 0.3) is 0 Å². The highest BCUT2D eigenvalue weighted by molar-refractivity contribution is 6.09. The standard InChI is InChI=1S/C26H34N6O2/c1-17-6-10-32(25-5-4-19(12-22(17)25)20-13-28-30(3)14-20)26(27)23-15-31(18(2)33)9-7-24(23)29-21-8-11-34-16-21/h4-5,12-14,17,21,27,29H,6-11,15-16H2,1-3H3/t17-,21-/m0/s1. The fourth-order valence-electron chi connectivity index (χ4n) is 5.24. The van der Waals surface area contributed by atoms with Crippen molar-refractivity contribution >= 4 is 17.4 Å². The zero-order valence-corrected chi connectivity index (χ0v) is 20.3. The second kappa shape index (κ2) is 9.25. The van der Waals surface area contributed by atoms with Crippen molar-refractivity contribution in [3.05, 3.63) is 47.4 Å². The molecule has 3 aliphatic heterocycles. The summed E-state index contributed by atoms with van der Waals surface area (Å²) in [6.45, 7) is 7.29. The number of rotatable bonds is 4. The Balaban J connectivity index is 1.48. The summed E-state index contributed by atoms with van der Waals surface area (Å²) >= 11 is 0. The van der Waals surface area contributed by atoms with Gasteiger partial charge in [-0.3, -0.25) is 14.9 Å². The van der Waals surface area contributed by atoms with Crippen LogP contribution < -0.4 is 10.2 Å². The van der Waals surface area contributed by atoms with Crippen molar-refractivity contribution in [1.82, 2.24) is 20.0 Å². The van der Waals surface area contributed by atoms with Crippen molar-refractivity contribution in [3.63, 3.8) is 0 Å². The minimum Gasteiger partial charge on any atom is -0.383 e. The average Bonchev–Trinajstić information content (AvgIpc) is 3.51. The smallest absolute Gasteiger partial charge is 0.219 e. The van der Waals surface area contributed by atoms with Gasteiger partial charge in [-0.15, -0.1) is 0 Å². The summed E-state index contributed by atoms with van der Waals surface area (Å²) in [5.74, 6) is 0.968. The molecule has 0 saturated carbocycles. The number of aromatic nitrogens is 2. The second-order valence-corrected chi connectivity index (χ2v) is 9.72. The third kappa shape index (κ3) is 4.34. The molecule has 1 aromatic carbocycles. The number of hydrogen-bond acceptors (Lipinski definition) is 5. The minimum absolute atomic E-state index is 0.0577. The van der Waals surface area contributed by atoms with E-state index >= 15 is 0 Å². The van der Waals surface area contributed by atoms with Gasteiger partial charge in [0.1, 0.15) is 5.84 Å². The molecule has 1 saturated heterocycles. The summed E-state index contributed by atoms with van der Waals surface area (Å²) < 4.78 is 7.38. The average molecular weight is 463 g/mol. The predicted molar refractivity (Wildman–Crippen MR) is 133 cm³/mol. The molecule has 0 unspecified atom stereocenters. The van der Waals surface area contributed by atoms with E-state index in [4.69, 9.17) is 4.74 Å². The van der Waals surface area contributed by atoms with Gasteiger partial charge in [0.05, 0.1) is 25.4 Å². The summed E-state index contributed by atoms with van der Waals surface area (Å²) in [5, 5.41) is 17.2. The Morgan fingerprint density at radius 1 is 1.24 bits per heavy atom. The van der Waals surface area contributed by atoms with E-state index < -0.39 is 0 Å². The van der Waals surface area contributed by atoms with Crippen LogP contribution in [0.1, 0.15) is 44.6 Å². The Labute approximate surface area is 201 Å². The van der Waals surface area contributed by atoms with E-state index in [2.05, 4.69) is 40.4 Å². The lowest BCUT2D eigenvalue weighted by Crippen LogP contribution is -2.46. The Hall–Kier alpha value is -3.13. The number of carbonyl (C=O) groups excluding carboxylic acids is 1. The highest BCUT2D eigenvalue weighted by Crippen LogP contribution is 2.39. The quantitative estimate of drug-likeness (QED) is 0.538. The molecule has 0 bridgehead atoms. The SMILES string of the molecule is CC(=O)N1CCC(N[C@H]2CCOC2)=C(C(=N)N2CC[C@H](C)c3cc(-c4cnn(C)c4)ccc32)C1. The van der Waals surface area contributed by atoms with E-state index in [1.165, 1.54) is 5.56 Å². The van der Waals surface area contributed by atoms with Crippen LogP contribution >= 0.6 is 0 Å². The number of amides is 1. The van der Waals surface area contributed by atoms with Crippen LogP contribution in [0, 0.1) is 5.41 Å². The highest BCUT2D eigenvalue weighted by atomic mass is 16.5. The van der Waals surface area contributed by atoms with Crippen molar-refractivity contribution < 1.29 is 9.53 Å². The maximum atomic E-state index is 12.2. The van der Waals surface area contributed by atoms with E-state index in [0.717, 1.165) is 60.5 Å². The number of nitrogens with one attached hydrogen (secondary N) is 2. The first-order valence-electron chi connectivity index (χ1n) is 12.2. The van der Waals surface area contributed by atoms with E-state index in [9.17, 15) is 10.2 Å². The molecule has 0 aliphatic carbocycles. The first-order valence-corrected chi connectivity index (χ1v) is 12.2. The normalized spacial score (nSPS) is 22.7. The van der Waals surface area contributed by atoms with Gasteiger partial charge in [0.2, 0.25) is 5.91 Å². The van der Waals surface area contributed by atoms with Crippen LogP contribution in [0.5, 0.6) is 0 Å². The molecule has 4 heterocycles. The van der Waals surface area contributed by atoms with Gasteiger partial charge in [0, 0.05) is 68.8 Å². The summed E-state index contributed by atoms with van der Waals surface area (Å²) in [7, 11) is 1.93. The summed E-state index contributed by atoms with van der Waals surface area (Å²) in [5.41, 5.74) is 6.61. The molecule has 5 rings (SSSR count). The van der Waals surface area contributed by atoms with Gasteiger partial charge in [-0.25, -0.2) is 0 Å². The van der Waals surface area contributed by atoms with Crippen molar-refractivity contribution in [1.29, 1.82) is 5.41 Å². The Bertz CT molecular complexity index is 1130. The van der Waals surface area contributed by atoms with E-state index in [1.54, 1.807) is 6.92 Å². The minimum atomic E-state index is 0.0577. The maximum absolute atomic E-state index is 12.2. The Kier molecular flexibility index (Phi) is 6.16. The van der Waals surface area contributed by atoms with Gasteiger partial charge >= 0.3 is 0 Å². The number of carbonyl (C=O) groups is 1. The zero-order chi connectivity index (χ0) is 23.8. The molecule has 1 amide bonds. The highest BCUT2D eigenvalue weighted by Gasteiger charge is 2.32. The number of amidine groups is 1. The lowest BCUT2D eigenvalue weighted by atomic mass is 9.88. The van der Waals surface area contributed by atoms with Crippen molar-refractivity contribution in [2.75, 3.05) is 37.7 Å². The molecule has 34 heavy (non-hydrogen) atoms. The lowest BCUT2D eigenvalue weighted by molar-refractivity contribution is -0.128. The topological polar surface area (TPSA) is 86.5 Å². The molecule has 180 valence electrons. The van der Waals surface area contributed by atoms with Crippen LogP contribution in [0.15, 0.2) is 41.9 Å². The molecule has 1 fully saturated rings. The van der Waals surface area contributed by atoms with E-state index in [0.29, 0.717) is 31.4 Å². The molecule has 0 spiro atoms. The number of ether oxygens (including phenoxy) is 1. The molecule has 2 N–H and O–H groups in total. The van der Waals surface area contributed by atoms with Crippen LogP contribution in [0.2, 0.25) is 0 Å². The molecular weight excluding hydrogens is 428 g/mol. The van der Waals surface area contributed by atoms with Crippen molar-refractivity contribution in [2.24, 2.45) is 7.05 Å². The summed E-state index contributed by atoms with van der Waals surface area (Å²) in [4.78, 5) is 16.2. The molecule has 8 nitrogen and oxygen atoms in total. The third-order valence-corrected chi connectivity index (χ3v) is 7.33. The number of hydrogen-bond donors (Lipinski definition) is 2. The third-order valence-electron chi connectivity index (χ3n) is 7.33. The molecule has 3 aliphatic rings. The fourth-order valence-corrected chi connectivity index (χ4v) is 5.24. The Morgan fingerprint density at radius 2 is 2.09 bits per heavy atom. The first kappa shape index (κ1) is 22.7. The molecule has 0 radical (unpaired) electrons. The fraction of sp³-hybridized carbons (Fsp3) is 0.500. The van der Waals surface area contributed by atoms with Crippen molar-refractivity contribution in [3.8, 4) is 11.1 Å². The molecule has 2 aromatic rings. The van der Waals surface area contributed by atoms with E-state index in [1.807, 2.05) is 29.0 Å². The van der Waals surface area contributed by atoms with Crippen LogP contribution in [0.25, 0.3) is 11.1 Å². The van der Waals surface area contributed by atoms with Gasteiger partial charge < -0.3 is 19.9 Å². The van der Waals surface area contributed by atoms with Gasteiger partial charge in [-0.05, 0) is 42.0 Å². The predicted octanol–water partition coefficient (Wildman–Crippen LogP) is 3.26. The monoisotopic (exact) mass is 462 g/mol. The van der Waals surface area contributed by atoms with Crippen molar-refractivity contribution in [2.45, 2.75) is 45.1 Å². The number of fused-ring (bicyclic) bond motifs is 1. The molecule has 1 aromatic heterocycles. The van der Waals surface area contributed by atoms with Crippen LogP contribution in [0.3, 0.4) is 0 Å². The second-order valence-electron chi connectivity index (χ2n) is 9.72. The molecule has 8 heteroatoms. The number of nitrogens with zero attached hydrogens (tertiary/aromatic N) is 4. The Morgan fingerprint density at radius 3 is 2.79 bits per heavy atom. The number of benzene rings is 1. The number of anilines is 1. The van der Waals surface area contributed by atoms with Gasteiger partial charge in [0.15, 0.2) is 0 Å². The lowest BCUT2D eigenvalue weighted by Gasteiger charge is -2.39. The summed E-state index contributed by atoms with van der Waals surface area (Å²) in [6.07, 6.45) is 6.62. The van der Waals surface area contributed by atoms with Crippen LogP contribution in [-0.4, -0.2) is 65.3 Å². The maximum Gasteiger partial charge on any atom is 0.219 e. The van der Waals surface area contributed by atoms with Gasteiger partial charge in [-0.2, -0.15) is 5.10 Å². The van der Waals surface area contributed by atoms with Crippen LogP contribution in [0.4, 0.5) is 5.69 Å². The van der Waals surface area contributed by atoms with E-state index in [-0.39, 0.29) is 11.9 Å². The molecular formula is C26H34N6O2. The molecule has 2 atom stereocenters.